The number of nitrogens with one attached hydrogen (secondary N) is 1. The zero-order valence-electron chi connectivity index (χ0n) is 10.4. The molecule has 4 N–H and O–H groups in total. The molecule has 0 unspecified atom stereocenters. The Kier molecular flexibility index (Phi) is 3.65. The first-order valence-electron chi connectivity index (χ1n) is 5.73. The summed E-state index contributed by atoms with van der Waals surface area (Å²) in [5.41, 5.74) is 5.82. The Labute approximate surface area is 109 Å². The third-order valence-corrected chi connectivity index (χ3v) is 2.51. The fraction of sp³-hybridized carbons (Fsp3) is 0.250. The van der Waals surface area contributed by atoms with Gasteiger partial charge in [0.15, 0.2) is 11.6 Å². The molecule has 0 saturated heterocycles. The third kappa shape index (κ3) is 3.01. The Morgan fingerprint density at radius 3 is 3.00 bits per heavy atom. The summed E-state index contributed by atoms with van der Waals surface area (Å²) in [4.78, 5) is 15.8. The Morgan fingerprint density at radius 2 is 2.32 bits per heavy atom. The smallest absolute Gasteiger partial charge is 0.255 e. The molecule has 0 fully saturated rings. The van der Waals surface area contributed by atoms with E-state index >= 15 is 0 Å². The normalized spacial score (nSPS) is 10.4. The van der Waals surface area contributed by atoms with E-state index in [0.29, 0.717) is 24.7 Å². The summed E-state index contributed by atoms with van der Waals surface area (Å²) in [6, 6.07) is 4.62. The van der Waals surface area contributed by atoms with E-state index in [2.05, 4.69) is 15.5 Å². The first-order valence-corrected chi connectivity index (χ1v) is 5.73. The second kappa shape index (κ2) is 5.38. The summed E-state index contributed by atoms with van der Waals surface area (Å²) in [6.45, 7) is 2.05. The van der Waals surface area contributed by atoms with E-state index in [0.717, 1.165) is 0 Å². The maximum absolute atomic E-state index is 11.8. The SMILES string of the molecule is Cc1noc(CCNC(=O)c2cccc(N)c2O)n1. The number of para-hydroxylation sites is 1. The lowest BCUT2D eigenvalue weighted by Crippen LogP contribution is -2.26. The second-order valence-corrected chi connectivity index (χ2v) is 3.98. The number of phenolic OH excluding ortho intramolecular Hbond substituents is 1. The van der Waals surface area contributed by atoms with Gasteiger partial charge in [0.1, 0.15) is 0 Å². The van der Waals surface area contributed by atoms with E-state index < -0.39 is 5.91 Å². The van der Waals surface area contributed by atoms with E-state index in [-0.39, 0.29) is 17.0 Å². The number of benzene rings is 1. The van der Waals surface area contributed by atoms with Crippen molar-refractivity contribution in [2.45, 2.75) is 13.3 Å². The molecule has 19 heavy (non-hydrogen) atoms. The van der Waals surface area contributed by atoms with Crippen molar-refractivity contribution in [2.75, 3.05) is 12.3 Å². The van der Waals surface area contributed by atoms with E-state index in [9.17, 15) is 9.90 Å². The van der Waals surface area contributed by atoms with Gasteiger partial charge in [-0.3, -0.25) is 4.79 Å². The number of hydrogen-bond donors (Lipinski definition) is 3. The van der Waals surface area contributed by atoms with Crippen LogP contribution in [0, 0.1) is 6.92 Å². The molecule has 0 aliphatic heterocycles. The first-order chi connectivity index (χ1) is 9.08. The Bertz CT molecular complexity index is 594. The second-order valence-electron chi connectivity index (χ2n) is 3.98. The van der Waals surface area contributed by atoms with Gasteiger partial charge in [-0.15, -0.1) is 0 Å². The molecule has 0 saturated carbocycles. The highest BCUT2D eigenvalue weighted by molar-refractivity contribution is 5.98. The summed E-state index contributed by atoms with van der Waals surface area (Å²) in [6.07, 6.45) is 0.426. The summed E-state index contributed by atoms with van der Waals surface area (Å²) < 4.78 is 4.91. The molecule has 7 nitrogen and oxygen atoms in total. The molecular formula is C12H14N4O3. The summed E-state index contributed by atoms with van der Waals surface area (Å²) in [5, 5.41) is 15.9. The monoisotopic (exact) mass is 262 g/mol. The lowest BCUT2D eigenvalue weighted by atomic mass is 10.1. The molecule has 0 radical (unpaired) electrons. The lowest BCUT2D eigenvalue weighted by Gasteiger charge is -2.07. The third-order valence-electron chi connectivity index (χ3n) is 2.51. The van der Waals surface area contributed by atoms with E-state index in [4.69, 9.17) is 10.3 Å². The Balaban J connectivity index is 1.93. The van der Waals surface area contributed by atoms with Crippen LogP contribution in [-0.2, 0) is 6.42 Å². The molecule has 0 spiro atoms. The van der Waals surface area contributed by atoms with Crippen molar-refractivity contribution in [3.8, 4) is 5.75 Å². The number of anilines is 1. The van der Waals surface area contributed by atoms with Crippen LogP contribution in [0.4, 0.5) is 5.69 Å². The molecule has 1 aromatic carbocycles. The van der Waals surface area contributed by atoms with Gasteiger partial charge >= 0.3 is 0 Å². The highest BCUT2D eigenvalue weighted by atomic mass is 16.5. The lowest BCUT2D eigenvalue weighted by molar-refractivity contribution is 0.0951. The van der Waals surface area contributed by atoms with Crippen LogP contribution in [0.15, 0.2) is 22.7 Å². The predicted octanol–water partition coefficient (Wildman–Crippen LogP) is 0.638. The van der Waals surface area contributed by atoms with Gasteiger partial charge in [0.2, 0.25) is 5.89 Å². The molecule has 0 bridgehead atoms. The van der Waals surface area contributed by atoms with Gasteiger partial charge in [0, 0.05) is 13.0 Å². The van der Waals surface area contributed by atoms with Gasteiger partial charge in [-0.1, -0.05) is 11.2 Å². The fourth-order valence-corrected chi connectivity index (χ4v) is 1.56. The first kappa shape index (κ1) is 12.9. The molecule has 1 heterocycles. The van der Waals surface area contributed by atoms with Crippen LogP contribution in [0.25, 0.3) is 0 Å². The summed E-state index contributed by atoms with van der Waals surface area (Å²) in [7, 11) is 0. The van der Waals surface area contributed by atoms with Crippen LogP contribution in [0.3, 0.4) is 0 Å². The zero-order valence-corrected chi connectivity index (χ0v) is 10.4. The van der Waals surface area contributed by atoms with Crippen molar-refractivity contribution in [1.29, 1.82) is 0 Å². The standard InChI is InChI=1S/C12H14N4O3/c1-7-15-10(19-16-7)5-6-14-12(18)8-3-2-4-9(13)11(8)17/h2-4,17H,5-6,13H2,1H3,(H,14,18). The van der Waals surface area contributed by atoms with Crippen LogP contribution >= 0.6 is 0 Å². The number of phenols is 1. The van der Waals surface area contributed by atoms with Crippen molar-refractivity contribution in [3.05, 3.63) is 35.5 Å². The highest BCUT2D eigenvalue weighted by Gasteiger charge is 2.12. The molecule has 100 valence electrons. The largest absolute Gasteiger partial charge is 0.505 e. The quantitative estimate of drug-likeness (QED) is 0.550. The number of aromatic nitrogens is 2. The number of carbonyl (C=O) groups is 1. The minimum Gasteiger partial charge on any atom is -0.505 e. The van der Waals surface area contributed by atoms with Gasteiger partial charge in [0.25, 0.3) is 5.91 Å². The molecule has 1 aromatic heterocycles. The number of nitrogen functional groups attached to an aromatic ring is 1. The molecule has 0 atom stereocenters. The molecular weight excluding hydrogens is 248 g/mol. The van der Waals surface area contributed by atoms with Crippen LogP contribution in [0.5, 0.6) is 5.75 Å². The van der Waals surface area contributed by atoms with E-state index in [1.165, 1.54) is 12.1 Å². The molecule has 2 rings (SSSR count). The van der Waals surface area contributed by atoms with Crippen LogP contribution < -0.4 is 11.1 Å². The number of aromatic hydroxyl groups is 1. The molecule has 0 aliphatic rings. The van der Waals surface area contributed by atoms with Crippen molar-refractivity contribution in [2.24, 2.45) is 0 Å². The van der Waals surface area contributed by atoms with E-state index in [1.807, 2.05) is 0 Å². The molecule has 7 heteroatoms. The highest BCUT2D eigenvalue weighted by Crippen LogP contribution is 2.23. The number of nitrogens with zero attached hydrogens (tertiary/aromatic N) is 2. The summed E-state index contributed by atoms with van der Waals surface area (Å²) in [5.74, 6) is 0.388. The molecule has 1 amide bonds. The Morgan fingerprint density at radius 1 is 1.53 bits per heavy atom. The van der Waals surface area contributed by atoms with Crippen molar-refractivity contribution in [3.63, 3.8) is 0 Å². The van der Waals surface area contributed by atoms with Crippen LogP contribution in [0.1, 0.15) is 22.1 Å². The maximum atomic E-state index is 11.8. The minimum atomic E-state index is -0.402. The van der Waals surface area contributed by atoms with Gasteiger partial charge in [-0.2, -0.15) is 4.98 Å². The van der Waals surface area contributed by atoms with Gasteiger partial charge in [-0.25, -0.2) is 0 Å². The average molecular weight is 262 g/mol. The van der Waals surface area contributed by atoms with Gasteiger partial charge in [-0.05, 0) is 19.1 Å². The number of carbonyl (C=O) groups excluding carboxylic acids is 1. The number of rotatable bonds is 4. The summed E-state index contributed by atoms with van der Waals surface area (Å²) >= 11 is 0. The van der Waals surface area contributed by atoms with Gasteiger partial charge in [0.05, 0.1) is 11.3 Å². The molecule has 0 aliphatic carbocycles. The van der Waals surface area contributed by atoms with Gasteiger partial charge < -0.3 is 20.7 Å². The number of amides is 1. The predicted molar refractivity (Wildman–Crippen MR) is 67.6 cm³/mol. The minimum absolute atomic E-state index is 0.140. The number of nitrogens with two attached hydrogens (primary N) is 1. The maximum Gasteiger partial charge on any atom is 0.255 e. The number of aryl methyl sites for hydroxylation is 1. The Hall–Kier alpha value is -2.57. The van der Waals surface area contributed by atoms with Crippen molar-refractivity contribution >= 4 is 11.6 Å². The molecule has 2 aromatic rings. The average Bonchev–Trinajstić information content (AvgIpc) is 2.78. The van der Waals surface area contributed by atoms with Crippen molar-refractivity contribution in [1.82, 2.24) is 15.5 Å². The van der Waals surface area contributed by atoms with Crippen LogP contribution in [-0.4, -0.2) is 27.7 Å². The topological polar surface area (TPSA) is 114 Å². The van der Waals surface area contributed by atoms with Crippen molar-refractivity contribution < 1.29 is 14.4 Å². The van der Waals surface area contributed by atoms with Crippen LogP contribution in [0.2, 0.25) is 0 Å². The fourth-order valence-electron chi connectivity index (χ4n) is 1.56. The zero-order chi connectivity index (χ0) is 13.8. The number of hydrogen-bond acceptors (Lipinski definition) is 6. The van der Waals surface area contributed by atoms with E-state index in [1.54, 1.807) is 13.0 Å².